The van der Waals surface area contributed by atoms with Gasteiger partial charge in [0.1, 0.15) is 17.8 Å². The van der Waals surface area contributed by atoms with E-state index >= 15 is 0 Å². The van der Waals surface area contributed by atoms with Crippen molar-refractivity contribution in [2.24, 2.45) is 0 Å². The van der Waals surface area contributed by atoms with Gasteiger partial charge in [-0.15, -0.1) is 0 Å². The van der Waals surface area contributed by atoms with Crippen molar-refractivity contribution in [3.8, 4) is 0 Å². The lowest BCUT2D eigenvalue weighted by Gasteiger charge is -2.05. The molecule has 0 aliphatic heterocycles. The molecule has 104 valence electrons. The molecule has 4 nitrogen and oxygen atoms in total. The third kappa shape index (κ3) is 1.46. The summed E-state index contributed by atoms with van der Waals surface area (Å²) in [5.41, 5.74) is 7.76. The molecule has 0 amide bonds. The van der Waals surface area contributed by atoms with Gasteiger partial charge in [-0.3, -0.25) is 0 Å². The van der Waals surface area contributed by atoms with Gasteiger partial charge in [0, 0.05) is 5.52 Å². The molecule has 2 aromatic heterocycles. The predicted molar refractivity (Wildman–Crippen MR) is 90.8 cm³/mol. The fourth-order valence-corrected chi connectivity index (χ4v) is 3.18. The average molecular weight is 284 g/mol. The first-order valence-electron chi connectivity index (χ1n) is 7.14. The standard InChI is InChI=1S/C18H12N4/c19-17-15-7-12-6-11-5-10-3-1-2-4-13(10)14(11)8-16(12)22-18(15)21-9-20-17/h1-9H,(H3,19,20,21,22). The highest BCUT2D eigenvalue weighted by Crippen LogP contribution is 2.32. The van der Waals surface area contributed by atoms with Gasteiger partial charge in [0.05, 0.1) is 5.39 Å². The molecule has 22 heavy (non-hydrogen) atoms. The molecular weight excluding hydrogens is 272 g/mol. The van der Waals surface area contributed by atoms with E-state index in [1.54, 1.807) is 0 Å². The second-order valence-electron chi connectivity index (χ2n) is 5.55. The zero-order valence-electron chi connectivity index (χ0n) is 11.7. The Balaban J connectivity index is 1.98. The van der Waals surface area contributed by atoms with Crippen molar-refractivity contribution in [2.45, 2.75) is 0 Å². The Hall–Kier alpha value is -3.14. The summed E-state index contributed by atoms with van der Waals surface area (Å²) in [6.07, 6.45) is 1.48. The molecule has 0 aliphatic rings. The summed E-state index contributed by atoms with van der Waals surface area (Å²) in [6, 6.07) is 17.1. The molecule has 0 bridgehead atoms. The van der Waals surface area contributed by atoms with Gasteiger partial charge in [0.15, 0.2) is 0 Å². The van der Waals surface area contributed by atoms with Crippen molar-refractivity contribution in [1.82, 2.24) is 15.0 Å². The lowest BCUT2D eigenvalue weighted by atomic mass is 10.1. The molecule has 0 fully saturated rings. The summed E-state index contributed by atoms with van der Waals surface area (Å²) in [5, 5.41) is 6.98. The van der Waals surface area contributed by atoms with E-state index in [0.29, 0.717) is 5.82 Å². The molecule has 4 heteroatoms. The maximum atomic E-state index is 5.95. The summed E-state index contributed by atoms with van der Waals surface area (Å²) >= 11 is 0. The molecule has 5 aromatic rings. The zero-order chi connectivity index (χ0) is 14.7. The number of hydrogen-bond acceptors (Lipinski definition) is 3. The van der Waals surface area contributed by atoms with Crippen LogP contribution in [0.2, 0.25) is 0 Å². The third-order valence-electron chi connectivity index (χ3n) is 4.25. The monoisotopic (exact) mass is 284 g/mol. The van der Waals surface area contributed by atoms with Crippen LogP contribution in [0.3, 0.4) is 0 Å². The molecule has 0 spiro atoms. The van der Waals surface area contributed by atoms with E-state index in [1.807, 2.05) is 6.07 Å². The number of nitrogens with zero attached hydrogens (tertiary/aromatic N) is 2. The highest BCUT2D eigenvalue weighted by molar-refractivity contribution is 6.16. The maximum absolute atomic E-state index is 5.95. The molecule has 0 saturated heterocycles. The number of nitrogens with two attached hydrogens (primary N) is 1. The number of H-pyrrole nitrogens is 1. The lowest BCUT2D eigenvalue weighted by molar-refractivity contribution is 1.20. The Morgan fingerprint density at radius 3 is 2.59 bits per heavy atom. The van der Waals surface area contributed by atoms with E-state index in [0.717, 1.165) is 21.9 Å². The van der Waals surface area contributed by atoms with Crippen molar-refractivity contribution in [3.63, 3.8) is 0 Å². The quantitative estimate of drug-likeness (QED) is 0.422. The molecule has 2 heterocycles. The van der Waals surface area contributed by atoms with Gasteiger partial charge in [0.2, 0.25) is 0 Å². The molecule has 3 aromatic carbocycles. The number of nitrogen functional groups attached to an aromatic ring is 1. The zero-order valence-corrected chi connectivity index (χ0v) is 11.7. The van der Waals surface area contributed by atoms with E-state index < -0.39 is 0 Å². The van der Waals surface area contributed by atoms with Crippen molar-refractivity contribution in [2.75, 3.05) is 5.73 Å². The van der Waals surface area contributed by atoms with Crippen molar-refractivity contribution in [3.05, 3.63) is 54.9 Å². The summed E-state index contributed by atoms with van der Waals surface area (Å²) < 4.78 is 0. The largest absolute Gasteiger partial charge is 0.383 e. The minimum absolute atomic E-state index is 0.496. The first-order valence-corrected chi connectivity index (χ1v) is 7.14. The summed E-state index contributed by atoms with van der Waals surface area (Å²) in [5.74, 6) is 0.496. The molecule has 0 aliphatic carbocycles. The normalized spacial score (nSPS) is 11.8. The van der Waals surface area contributed by atoms with E-state index in [9.17, 15) is 0 Å². The second kappa shape index (κ2) is 3.95. The first-order chi connectivity index (χ1) is 10.8. The Morgan fingerprint density at radius 2 is 1.64 bits per heavy atom. The number of anilines is 1. The van der Waals surface area contributed by atoms with Gasteiger partial charge in [-0.05, 0) is 51.2 Å². The number of benzene rings is 2. The number of pyridine rings is 1. The Morgan fingerprint density at radius 1 is 0.773 bits per heavy atom. The molecule has 0 radical (unpaired) electrons. The Labute approximate surface area is 125 Å². The van der Waals surface area contributed by atoms with E-state index in [-0.39, 0.29) is 0 Å². The number of aromatic nitrogens is 3. The van der Waals surface area contributed by atoms with Crippen molar-refractivity contribution in [1.29, 1.82) is 0 Å². The third-order valence-corrected chi connectivity index (χ3v) is 4.25. The second-order valence-corrected chi connectivity index (χ2v) is 5.55. The van der Waals surface area contributed by atoms with Crippen LogP contribution in [0, 0.1) is 0 Å². The smallest absolute Gasteiger partial charge is 0.143 e. The van der Waals surface area contributed by atoms with Crippen LogP contribution in [-0.4, -0.2) is 15.0 Å². The fourth-order valence-electron chi connectivity index (χ4n) is 3.18. The number of aromatic amines is 1. The van der Waals surface area contributed by atoms with Crippen LogP contribution in [0.5, 0.6) is 0 Å². The highest BCUT2D eigenvalue weighted by Gasteiger charge is 2.08. The molecule has 5 rings (SSSR count). The average Bonchev–Trinajstić information content (AvgIpc) is 2.89. The maximum Gasteiger partial charge on any atom is 0.143 e. The van der Waals surface area contributed by atoms with Crippen LogP contribution in [0.25, 0.3) is 43.5 Å². The predicted octanol–water partition coefficient (Wildman–Crippen LogP) is 4.00. The number of fused-ring (bicyclic) bond motifs is 5. The van der Waals surface area contributed by atoms with E-state index in [4.69, 9.17) is 5.73 Å². The van der Waals surface area contributed by atoms with E-state index in [2.05, 4.69) is 57.4 Å². The van der Waals surface area contributed by atoms with Gasteiger partial charge in [-0.2, -0.15) is 0 Å². The first kappa shape index (κ1) is 11.5. The summed E-state index contributed by atoms with van der Waals surface area (Å²) in [6.45, 7) is 0. The van der Waals surface area contributed by atoms with Crippen LogP contribution >= 0.6 is 0 Å². The lowest BCUT2D eigenvalue weighted by Crippen LogP contribution is -1.95. The van der Waals surface area contributed by atoms with Crippen LogP contribution in [0.1, 0.15) is 0 Å². The molecular formula is C18H12N4. The minimum atomic E-state index is 0.496. The highest BCUT2D eigenvalue weighted by atomic mass is 15.0. The SMILES string of the molecule is Nc1ncnc2[nH]c3cc4c(cc3cc12)cc1ccccc14. The number of hydrogen-bond donors (Lipinski definition) is 2. The van der Waals surface area contributed by atoms with Crippen LogP contribution < -0.4 is 5.73 Å². The van der Waals surface area contributed by atoms with Crippen molar-refractivity contribution < 1.29 is 0 Å². The van der Waals surface area contributed by atoms with Gasteiger partial charge < -0.3 is 10.7 Å². The van der Waals surface area contributed by atoms with Gasteiger partial charge in [-0.25, -0.2) is 9.97 Å². The summed E-state index contributed by atoms with van der Waals surface area (Å²) in [4.78, 5) is 11.7. The molecule has 0 unspecified atom stereocenters. The molecule has 0 atom stereocenters. The Kier molecular flexibility index (Phi) is 2.07. The van der Waals surface area contributed by atoms with Crippen LogP contribution in [0.15, 0.2) is 54.9 Å². The van der Waals surface area contributed by atoms with Gasteiger partial charge in [-0.1, -0.05) is 24.3 Å². The minimum Gasteiger partial charge on any atom is -0.383 e. The van der Waals surface area contributed by atoms with Gasteiger partial charge in [0.25, 0.3) is 0 Å². The topological polar surface area (TPSA) is 67.6 Å². The van der Waals surface area contributed by atoms with Crippen LogP contribution in [-0.2, 0) is 0 Å². The molecule has 3 N–H and O–H groups in total. The number of nitrogens with one attached hydrogen (secondary N) is 1. The fraction of sp³-hybridized carbons (Fsp3) is 0. The summed E-state index contributed by atoms with van der Waals surface area (Å²) in [7, 11) is 0. The molecule has 0 saturated carbocycles. The van der Waals surface area contributed by atoms with E-state index in [1.165, 1.54) is 27.9 Å². The van der Waals surface area contributed by atoms with Crippen molar-refractivity contribution >= 4 is 49.3 Å². The number of rotatable bonds is 0. The van der Waals surface area contributed by atoms with Crippen LogP contribution in [0.4, 0.5) is 5.82 Å². The van der Waals surface area contributed by atoms with Gasteiger partial charge >= 0.3 is 0 Å². The Bertz CT molecular complexity index is 1190.